The number of thiophene rings is 1. The highest BCUT2D eigenvalue weighted by Gasteiger charge is 2.07. The van der Waals surface area contributed by atoms with E-state index in [1.807, 2.05) is 6.20 Å². The number of thiazole rings is 1. The van der Waals surface area contributed by atoms with Crippen molar-refractivity contribution in [2.45, 2.75) is 26.3 Å². The van der Waals surface area contributed by atoms with Crippen LogP contribution in [0.25, 0.3) is 0 Å². The van der Waals surface area contributed by atoms with Crippen LogP contribution in [0.5, 0.6) is 0 Å². The molecule has 0 aromatic carbocycles. The summed E-state index contributed by atoms with van der Waals surface area (Å²) in [5.41, 5.74) is 0. The fourth-order valence-corrected chi connectivity index (χ4v) is 3.30. The van der Waals surface area contributed by atoms with Crippen LogP contribution in [-0.4, -0.2) is 24.5 Å². The number of nitrogens with zero attached hydrogens (tertiary/aromatic N) is 2. The van der Waals surface area contributed by atoms with Gasteiger partial charge in [0.05, 0.1) is 6.54 Å². The van der Waals surface area contributed by atoms with Crippen molar-refractivity contribution >= 4 is 52.6 Å². The molecule has 0 aliphatic carbocycles. The molecule has 2 N–H and O–H groups in total. The lowest BCUT2D eigenvalue weighted by molar-refractivity contribution is 0.708. The predicted octanol–water partition coefficient (Wildman–Crippen LogP) is 3.60. The Morgan fingerprint density at radius 2 is 2.24 bits per heavy atom. The van der Waals surface area contributed by atoms with E-state index in [9.17, 15) is 0 Å². The molecule has 4 nitrogen and oxygen atoms in total. The summed E-state index contributed by atoms with van der Waals surface area (Å²) in [6.07, 6.45) is 1.90. The normalized spacial score (nSPS) is 12.6. The van der Waals surface area contributed by atoms with Crippen LogP contribution in [0.3, 0.4) is 0 Å². The maximum Gasteiger partial charge on any atom is 0.191 e. The Bertz CT molecular complexity index is 551. The summed E-state index contributed by atoms with van der Waals surface area (Å²) in [6, 6.07) is 4.26. The first-order chi connectivity index (χ1) is 9.69. The highest BCUT2D eigenvalue weighted by atomic mass is 127. The maximum atomic E-state index is 4.33. The van der Waals surface area contributed by atoms with Crippen LogP contribution in [0.15, 0.2) is 28.7 Å². The molecule has 2 aromatic rings. The van der Waals surface area contributed by atoms with E-state index in [1.165, 1.54) is 9.75 Å². The van der Waals surface area contributed by atoms with Gasteiger partial charge in [-0.1, -0.05) is 13.0 Å². The minimum Gasteiger partial charge on any atom is -0.356 e. The first-order valence-electron chi connectivity index (χ1n) is 6.58. The molecular weight excluding hydrogens is 415 g/mol. The highest BCUT2D eigenvalue weighted by molar-refractivity contribution is 14.0. The van der Waals surface area contributed by atoms with Gasteiger partial charge in [0.2, 0.25) is 0 Å². The van der Waals surface area contributed by atoms with E-state index in [1.54, 1.807) is 29.7 Å². The van der Waals surface area contributed by atoms with Gasteiger partial charge in [-0.05, 0) is 18.4 Å². The van der Waals surface area contributed by atoms with Gasteiger partial charge in [0.25, 0.3) is 0 Å². The first-order valence-corrected chi connectivity index (χ1v) is 8.28. The van der Waals surface area contributed by atoms with Crippen molar-refractivity contribution in [3.8, 4) is 0 Å². The number of rotatable bonds is 5. The number of hydrogen-bond acceptors (Lipinski definition) is 4. The Morgan fingerprint density at radius 1 is 1.43 bits per heavy atom. The minimum atomic E-state index is 0. The molecule has 2 heterocycles. The molecule has 1 unspecified atom stereocenters. The first kappa shape index (κ1) is 18.4. The van der Waals surface area contributed by atoms with Crippen molar-refractivity contribution in [3.05, 3.63) is 38.5 Å². The monoisotopic (exact) mass is 436 g/mol. The molecule has 2 rings (SSSR count). The van der Waals surface area contributed by atoms with E-state index in [0.717, 1.165) is 17.5 Å². The van der Waals surface area contributed by atoms with E-state index < -0.39 is 0 Å². The second-order valence-electron chi connectivity index (χ2n) is 4.59. The maximum absolute atomic E-state index is 4.33. The van der Waals surface area contributed by atoms with Crippen LogP contribution in [-0.2, 0) is 6.54 Å². The summed E-state index contributed by atoms with van der Waals surface area (Å²) < 4.78 is 0. The number of nitrogens with one attached hydrogen (secondary N) is 2. The van der Waals surface area contributed by atoms with Gasteiger partial charge in [0.15, 0.2) is 5.96 Å². The summed E-state index contributed by atoms with van der Waals surface area (Å²) in [7, 11) is 1.79. The fourth-order valence-electron chi connectivity index (χ4n) is 1.79. The Hall–Kier alpha value is -0.670. The minimum absolute atomic E-state index is 0. The second kappa shape index (κ2) is 9.37. The van der Waals surface area contributed by atoms with Crippen LogP contribution in [0.1, 0.15) is 27.6 Å². The topological polar surface area (TPSA) is 49.3 Å². The molecule has 21 heavy (non-hydrogen) atoms. The largest absolute Gasteiger partial charge is 0.356 e. The van der Waals surface area contributed by atoms with E-state index >= 15 is 0 Å². The van der Waals surface area contributed by atoms with E-state index in [2.05, 4.69) is 52.0 Å². The van der Waals surface area contributed by atoms with Gasteiger partial charge in [-0.3, -0.25) is 4.99 Å². The van der Waals surface area contributed by atoms with Crippen molar-refractivity contribution in [1.82, 2.24) is 15.6 Å². The molecule has 0 amide bonds. The summed E-state index contributed by atoms with van der Waals surface area (Å²) >= 11 is 3.50. The molecule has 0 spiro atoms. The molecule has 7 heteroatoms. The van der Waals surface area contributed by atoms with E-state index in [0.29, 0.717) is 12.5 Å². The molecule has 0 saturated heterocycles. The van der Waals surface area contributed by atoms with Crippen LogP contribution >= 0.6 is 46.7 Å². The number of hydrogen-bond donors (Lipinski definition) is 2. The second-order valence-corrected chi connectivity index (χ2v) is 6.89. The smallest absolute Gasteiger partial charge is 0.191 e. The van der Waals surface area contributed by atoms with Crippen LogP contribution in [0.4, 0.5) is 0 Å². The molecule has 2 aromatic heterocycles. The predicted molar refractivity (Wildman–Crippen MR) is 103 cm³/mol. The van der Waals surface area contributed by atoms with Crippen molar-refractivity contribution in [2.24, 2.45) is 4.99 Å². The standard InChI is InChI=1S/C14H20N4S2.HI/c1-10(12-5-4-6-19-12)7-17-14(15-3)18-9-13-16-8-11(2)20-13;/h4-6,8,10H,7,9H2,1-3H3,(H2,15,17,18);1H. The third kappa shape index (κ3) is 5.91. The van der Waals surface area contributed by atoms with Gasteiger partial charge < -0.3 is 10.6 Å². The summed E-state index contributed by atoms with van der Waals surface area (Å²) in [6.45, 7) is 5.87. The zero-order valence-electron chi connectivity index (χ0n) is 12.4. The molecule has 0 aliphatic rings. The summed E-state index contributed by atoms with van der Waals surface area (Å²) in [5, 5.41) is 9.84. The lowest BCUT2D eigenvalue weighted by atomic mass is 10.1. The Balaban J connectivity index is 0.00000220. The zero-order chi connectivity index (χ0) is 14.4. The van der Waals surface area contributed by atoms with Gasteiger partial charge in [-0.2, -0.15) is 0 Å². The fraction of sp³-hybridized carbons (Fsp3) is 0.429. The van der Waals surface area contributed by atoms with Gasteiger partial charge in [-0.25, -0.2) is 4.98 Å². The summed E-state index contributed by atoms with van der Waals surface area (Å²) in [5.74, 6) is 1.30. The van der Waals surface area contributed by atoms with Gasteiger partial charge in [0, 0.05) is 35.5 Å². The Morgan fingerprint density at radius 3 is 2.81 bits per heavy atom. The number of halogens is 1. The lowest BCUT2D eigenvalue weighted by Gasteiger charge is -2.14. The zero-order valence-corrected chi connectivity index (χ0v) is 16.4. The lowest BCUT2D eigenvalue weighted by Crippen LogP contribution is -2.38. The van der Waals surface area contributed by atoms with Crippen LogP contribution in [0, 0.1) is 6.92 Å². The van der Waals surface area contributed by atoms with E-state index in [4.69, 9.17) is 0 Å². The van der Waals surface area contributed by atoms with Crippen molar-refractivity contribution in [2.75, 3.05) is 13.6 Å². The third-order valence-corrected chi connectivity index (χ3v) is 4.92. The van der Waals surface area contributed by atoms with Gasteiger partial charge in [-0.15, -0.1) is 46.7 Å². The average Bonchev–Trinajstić information content (AvgIpc) is 3.10. The Labute approximate surface area is 151 Å². The van der Waals surface area contributed by atoms with Crippen LogP contribution in [0.2, 0.25) is 0 Å². The SMILES string of the molecule is CN=C(NCc1ncc(C)s1)NCC(C)c1cccs1.I. The van der Waals surface area contributed by atoms with E-state index in [-0.39, 0.29) is 24.0 Å². The third-order valence-electron chi connectivity index (χ3n) is 2.90. The number of guanidine groups is 1. The van der Waals surface area contributed by atoms with Crippen molar-refractivity contribution in [1.29, 1.82) is 0 Å². The van der Waals surface area contributed by atoms with Gasteiger partial charge >= 0.3 is 0 Å². The Kier molecular flexibility index (Phi) is 8.20. The number of aryl methyl sites for hydroxylation is 1. The molecule has 1 atom stereocenters. The highest BCUT2D eigenvalue weighted by Crippen LogP contribution is 2.19. The molecule has 0 aliphatic heterocycles. The van der Waals surface area contributed by atoms with Crippen molar-refractivity contribution < 1.29 is 0 Å². The molecular formula is C14H21IN4S2. The molecule has 0 bridgehead atoms. The number of aliphatic imine (C=N–C) groups is 1. The summed E-state index contributed by atoms with van der Waals surface area (Å²) in [4.78, 5) is 11.2. The molecule has 0 fully saturated rings. The number of aromatic nitrogens is 1. The molecule has 116 valence electrons. The quantitative estimate of drug-likeness (QED) is 0.428. The van der Waals surface area contributed by atoms with Crippen molar-refractivity contribution in [3.63, 3.8) is 0 Å². The van der Waals surface area contributed by atoms with Crippen LogP contribution < -0.4 is 10.6 Å². The average molecular weight is 436 g/mol. The van der Waals surface area contributed by atoms with Gasteiger partial charge in [0.1, 0.15) is 5.01 Å². The molecule has 0 radical (unpaired) electrons. The molecule has 0 saturated carbocycles.